The van der Waals surface area contributed by atoms with E-state index < -0.39 is 5.91 Å². The van der Waals surface area contributed by atoms with Crippen molar-refractivity contribution in [2.45, 2.75) is 13.5 Å². The summed E-state index contributed by atoms with van der Waals surface area (Å²) >= 11 is 12.3. The molecule has 0 fully saturated rings. The standard InChI is InChI=1S/C21H16Cl2N2O/c1-12-5-6-16-19(7-12)25(11-13-8-14(22)10-15(23)9-13)18-4-2-3-17(20(16)18)21(24)26/h2-10H,11H2,1H3,(H2,24,26). The predicted molar refractivity (Wildman–Crippen MR) is 108 cm³/mol. The minimum Gasteiger partial charge on any atom is -0.366 e. The van der Waals surface area contributed by atoms with Crippen molar-refractivity contribution in [3.63, 3.8) is 0 Å². The van der Waals surface area contributed by atoms with Crippen LogP contribution in [0.1, 0.15) is 21.5 Å². The first-order valence-corrected chi connectivity index (χ1v) is 8.96. The topological polar surface area (TPSA) is 48.0 Å². The molecule has 130 valence electrons. The molecule has 0 aliphatic carbocycles. The summed E-state index contributed by atoms with van der Waals surface area (Å²) in [5.74, 6) is -0.430. The summed E-state index contributed by atoms with van der Waals surface area (Å²) < 4.78 is 2.17. The van der Waals surface area contributed by atoms with Gasteiger partial charge in [-0.05, 0) is 54.4 Å². The summed E-state index contributed by atoms with van der Waals surface area (Å²) in [6.45, 7) is 2.64. The molecule has 4 aromatic rings. The van der Waals surface area contributed by atoms with Gasteiger partial charge >= 0.3 is 0 Å². The van der Waals surface area contributed by atoms with Crippen molar-refractivity contribution >= 4 is 50.9 Å². The monoisotopic (exact) mass is 382 g/mol. The van der Waals surface area contributed by atoms with Gasteiger partial charge in [0, 0.05) is 38.4 Å². The summed E-state index contributed by atoms with van der Waals surface area (Å²) in [5.41, 5.74) is 10.3. The molecule has 5 heteroatoms. The molecule has 0 saturated carbocycles. The molecule has 0 radical (unpaired) electrons. The molecule has 2 N–H and O–H groups in total. The third-order valence-corrected chi connectivity index (χ3v) is 5.01. The highest BCUT2D eigenvalue weighted by molar-refractivity contribution is 6.34. The van der Waals surface area contributed by atoms with Crippen LogP contribution in [0.4, 0.5) is 0 Å². The van der Waals surface area contributed by atoms with Crippen molar-refractivity contribution in [2.75, 3.05) is 0 Å². The van der Waals surface area contributed by atoms with E-state index in [-0.39, 0.29) is 0 Å². The summed E-state index contributed by atoms with van der Waals surface area (Å²) in [6, 6.07) is 17.3. The molecule has 3 nitrogen and oxygen atoms in total. The Morgan fingerprint density at radius 3 is 2.42 bits per heavy atom. The first-order chi connectivity index (χ1) is 12.4. The van der Waals surface area contributed by atoms with E-state index in [2.05, 4.69) is 10.6 Å². The lowest BCUT2D eigenvalue weighted by atomic mass is 10.1. The van der Waals surface area contributed by atoms with Gasteiger partial charge in [0.2, 0.25) is 5.91 Å². The maximum atomic E-state index is 12.0. The van der Waals surface area contributed by atoms with Crippen LogP contribution >= 0.6 is 23.2 Å². The van der Waals surface area contributed by atoms with Crippen LogP contribution in [-0.2, 0) is 6.54 Å². The van der Waals surface area contributed by atoms with Gasteiger partial charge in [0.1, 0.15) is 0 Å². The molecule has 1 aromatic heterocycles. The van der Waals surface area contributed by atoms with Crippen LogP contribution in [0.15, 0.2) is 54.6 Å². The van der Waals surface area contributed by atoms with E-state index in [9.17, 15) is 4.79 Å². The molecule has 0 bridgehead atoms. The Kier molecular flexibility index (Phi) is 4.14. The summed E-state index contributed by atoms with van der Waals surface area (Å²) in [6.07, 6.45) is 0. The van der Waals surface area contributed by atoms with Crippen LogP contribution in [0.3, 0.4) is 0 Å². The fourth-order valence-electron chi connectivity index (χ4n) is 3.51. The SMILES string of the molecule is Cc1ccc2c3c(C(N)=O)cccc3n(Cc3cc(Cl)cc(Cl)c3)c2c1. The van der Waals surface area contributed by atoms with Crippen molar-refractivity contribution in [1.29, 1.82) is 0 Å². The minimum atomic E-state index is -0.430. The van der Waals surface area contributed by atoms with E-state index in [4.69, 9.17) is 28.9 Å². The highest BCUT2D eigenvalue weighted by atomic mass is 35.5. The quantitative estimate of drug-likeness (QED) is 0.495. The van der Waals surface area contributed by atoms with E-state index in [0.29, 0.717) is 22.2 Å². The number of aryl methyl sites for hydroxylation is 1. The number of benzene rings is 3. The maximum Gasteiger partial charge on any atom is 0.249 e. The summed E-state index contributed by atoms with van der Waals surface area (Å²) in [7, 11) is 0. The number of primary amides is 1. The van der Waals surface area contributed by atoms with Gasteiger partial charge in [-0.15, -0.1) is 0 Å². The largest absolute Gasteiger partial charge is 0.366 e. The smallest absolute Gasteiger partial charge is 0.249 e. The molecular formula is C21H16Cl2N2O. The molecular weight excluding hydrogens is 367 g/mol. The lowest BCUT2D eigenvalue weighted by Gasteiger charge is -2.09. The predicted octanol–water partition coefficient (Wildman–Crippen LogP) is 5.56. The van der Waals surface area contributed by atoms with Crippen molar-refractivity contribution in [3.05, 3.63) is 81.3 Å². The minimum absolute atomic E-state index is 0.430. The van der Waals surface area contributed by atoms with Crippen LogP contribution in [0.25, 0.3) is 21.8 Å². The van der Waals surface area contributed by atoms with Gasteiger partial charge in [-0.25, -0.2) is 0 Å². The molecule has 0 saturated heterocycles. The Morgan fingerprint density at radius 1 is 1.00 bits per heavy atom. The van der Waals surface area contributed by atoms with Gasteiger partial charge in [0.05, 0.1) is 5.52 Å². The normalized spacial score (nSPS) is 11.3. The molecule has 0 aliphatic rings. The number of nitrogens with two attached hydrogens (primary N) is 1. The average molecular weight is 383 g/mol. The zero-order chi connectivity index (χ0) is 18.4. The Morgan fingerprint density at radius 2 is 1.73 bits per heavy atom. The van der Waals surface area contributed by atoms with Crippen molar-refractivity contribution in [1.82, 2.24) is 4.57 Å². The highest BCUT2D eigenvalue weighted by Gasteiger charge is 2.16. The second kappa shape index (κ2) is 6.35. The first-order valence-electron chi connectivity index (χ1n) is 8.20. The van der Waals surface area contributed by atoms with E-state index in [1.54, 1.807) is 12.1 Å². The lowest BCUT2D eigenvalue weighted by Crippen LogP contribution is -2.11. The fraction of sp³-hybridized carbons (Fsp3) is 0.0952. The first kappa shape index (κ1) is 17.0. The second-order valence-electron chi connectivity index (χ2n) is 6.45. The Labute approximate surface area is 160 Å². The fourth-order valence-corrected chi connectivity index (χ4v) is 4.09. The Hall–Kier alpha value is -2.49. The summed E-state index contributed by atoms with van der Waals surface area (Å²) in [5, 5.41) is 3.08. The van der Waals surface area contributed by atoms with Gasteiger partial charge in [0.15, 0.2) is 0 Å². The Bertz CT molecular complexity index is 1160. The molecule has 1 heterocycles. The molecule has 0 spiro atoms. The molecule has 1 amide bonds. The van der Waals surface area contributed by atoms with Crippen molar-refractivity contribution in [2.24, 2.45) is 5.73 Å². The number of nitrogens with zero attached hydrogens (tertiary/aromatic N) is 1. The third kappa shape index (κ3) is 2.83. The van der Waals surface area contributed by atoms with Crippen LogP contribution < -0.4 is 5.73 Å². The van der Waals surface area contributed by atoms with Gasteiger partial charge in [-0.3, -0.25) is 4.79 Å². The maximum absolute atomic E-state index is 12.0. The van der Waals surface area contributed by atoms with Crippen LogP contribution in [-0.4, -0.2) is 10.5 Å². The molecule has 3 aromatic carbocycles. The number of fused-ring (bicyclic) bond motifs is 3. The zero-order valence-corrected chi connectivity index (χ0v) is 15.6. The second-order valence-corrected chi connectivity index (χ2v) is 7.32. The van der Waals surface area contributed by atoms with Gasteiger partial charge in [-0.1, -0.05) is 41.4 Å². The average Bonchev–Trinajstić information content (AvgIpc) is 2.87. The van der Waals surface area contributed by atoms with Crippen molar-refractivity contribution < 1.29 is 4.79 Å². The summed E-state index contributed by atoms with van der Waals surface area (Å²) in [4.78, 5) is 12.0. The number of carbonyl (C=O) groups excluding carboxylic acids is 1. The lowest BCUT2D eigenvalue weighted by molar-refractivity contribution is 0.100. The van der Waals surface area contributed by atoms with Gasteiger partial charge < -0.3 is 10.3 Å². The number of aromatic nitrogens is 1. The van der Waals surface area contributed by atoms with E-state index in [0.717, 1.165) is 32.9 Å². The molecule has 0 unspecified atom stereocenters. The molecule has 0 aliphatic heterocycles. The van der Waals surface area contributed by atoms with E-state index >= 15 is 0 Å². The molecule has 26 heavy (non-hydrogen) atoms. The van der Waals surface area contributed by atoms with E-state index in [1.807, 2.05) is 43.3 Å². The number of rotatable bonds is 3. The molecule has 0 atom stereocenters. The zero-order valence-electron chi connectivity index (χ0n) is 14.1. The van der Waals surface area contributed by atoms with Crippen LogP contribution in [0.5, 0.6) is 0 Å². The third-order valence-electron chi connectivity index (χ3n) is 4.58. The Balaban J connectivity index is 2.04. The molecule has 4 rings (SSSR count). The number of carbonyl (C=O) groups is 1. The number of hydrogen-bond acceptors (Lipinski definition) is 1. The number of halogens is 2. The van der Waals surface area contributed by atoms with Crippen LogP contribution in [0.2, 0.25) is 10.0 Å². The van der Waals surface area contributed by atoms with Gasteiger partial charge in [0.25, 0.3) is 0 Å². The van der Waals surface area contributed by atoms with Gasteiger partial charge in [-0.2, -0.15) is 0 Å². The number of hydrogen-bond donors (Lipinski definition) is 1. The van der Waals surface area contributed by atoms with Crippen molar-refractivity contribution in [3.8, 4) is 0 Å². The van der Waals surface area contributed by atoms with E-state index in [1.165, 1.54) is 0 Å². The van der Waals surface area contributed by atoms with Crippen LogP contribution in [0, 0.1) is 6.92 Å². The highest BCUT2D eigenvalue weighted by Crippen LogP contribution is 2.33. The number of amides is 1.